The molecule has 0 spiro atoms. The van der Waals surface area contributed by atoms with E-state index in [-0.39, 0.29) is 10.0 Å². The quantitative estimate of drug-likeness (QED) is 0.419. The molecule has 5 heteroatoms. The SMILES string of the molecule is CC(OC1CCCCCC1I)C(F)(F)F. The average Bonchev–Trinajstić information content (AvgIpc) is 2.30. The van der Waals surface area contributed by atoms with E-state index in [4.69, 9.17) is 4.74 Å². The maximum absolute atomic E-state index is 12.3. The van der Waals surface area contributed by atoms with Gasteiger partial charge in [0.1, 0.15) is 0 Å². The molecule has 0 saturated heterocycles. The Kier molecular flexibility index (Phi) is 5.15. The van der Waals surface area contributed by atoms with Crippen LogP contribution in [0.5, 0.6) is 0 Å². The third kappa shape index (κ3) is 4.46. The lowest BCUT2D eigenvalue weighted by Crippen LogP contribution is -2.35. The lowest BCUT2D eigenvalue weighted by Gasteiger charge is -2.26. The van der Waals surface area contributed by atoms with Crippen molar-refractivity contribution in [1.82, 2.24) is 0 Å². The van der Waals surface area contributed by atoms with E-state index in [1.807, 2.05) is 0 Å². The topological polar surface area (TPSA) is 9.23 Å². The Morgan fingerprint density at radius 3 is 2.40 bits per heavy atom. The molecule has 90 valence electrons. The Labute approximate surface area is 102 Å². The van der Waals surface area contributed by atoms with Crippen LogP contribution in [0.2, 0.25) is 0 Å². The average molecular weight is 336 g/mol. The van der Waals surface area contributed by atoms with E-state index in [0.29, 0.717) is 0 Å². The molecule has 0 N–H and O–H groups in total. The number of hydrogen-bond donors (Lipinski definition) is 0. The fourth-order valence-corrected chi connectivity index (χ4v) is 2.69. The molecule has 1 aliphatic carbocycles. The smallest absolute Gasteiger partial charge is 0.365 e. The summed E-state index contributed by atoms with van der Waals surface area (Å²) in [5.74, 6) is 0. The normalized spacial score (nSPS) is 31.0. The first-order valence-corrected chi connectivity index (χ1v) is 6.52. The summed E-state index contributed by atoms with van der Waals surface area (Å²) in [6.07, 6.45) is -1.18. The molecular weight excluding hydrogens is 320 g/mol. The molecule has 1 rings (SSSR count). The summed E-state index contributed by atoms with van der Waals surface area (Å²) in [5.41, 5.74) is 0. The van der Waals surface area contributed by atoms with Crippen molar-refractivity contribution >= 4 is 22.6 Å². The Morgan fingerprint density at radius 1 is 1.20 bits per heavy atom. The van der Waals surface area contributed by atoms with Gasteiger partial charge in [-0.05, 0) is 19.8 Å². The van der Waals surface area contributed by atoms with Crippen molar-refractivity contribution in [2.75, 3.05) is 0 Å². The summed E-state index contributed by atoms with van der Waals surface area (Å²) >= 11 is 2.21. The molecule has 15 heavy (non-hydrogen) atoms. The first kappa shape index (κ1) is 13.5. The number of rotatable bonds is 2. The van der Waals surface area contributed by atoms with Gasteiger partial charge in [0, 0.05) is 3.92 Å². The van der Waals surface area contributed by atoms with Gasteiger partial charge in [-0.1, -0.05) is 41.9 Å². The zero-order valence-electron chi connectivity index (χ0n) is 8.69. The molecule has 0 radical (unpaired) electrons. The van der Waals surface area contributed by atoms with E-state index >= 15 is 0 Å². The van der Waals surface area contributed by atoms with Crippen LogP contribution >= 0.6 is 22.6 Å². The van der Waals surface area contributed by atoms with Gasteiger partial charge in [0.15, 0.2) is 6.10 Å². The number of hydrogen-bond acceptors (Lipinski definition) is 1. The molecule has 3 atom stereocenters. The molecule has 1 aliphatic rings. The predicted octanol–water partition coefficient (Wildman–Crippen LogP) is 4.09. The lowest BCUT2D eigenvalue weighted by atomic mass is 10.1. The van der Waals surface area contributed by atoms with E-state index in [2.05, 4.69) is 22.6 Å². The Morgan fingerprint density at radius 2 is 1.80 bits per heavy atom. The Bertz CT molecular complexity index is 196. The highest BCUT2D eigenvalue weighted by Gasteiger charge is 2.39. The number of ether oxygens (including phenoxy) is 1. The second-order valence-electron chi connectivity index (χ2n) is 4.01. The maximum Gasteiger partial charge on any atom is 0.414 e. The molecule has 3 unspecified atom stereocenters. The monoisotopic (exact) mass is 336 g/mol. The number of halogens is 4. The second-order valence-corrected chi connectivity index (χ2v) is 5.61. The van der Waals surface area contributed by atoms with Crippen LogP contribution in [0, 0.1) is 0 Å². The van der Waals surface area contributed by atoms with Gasteiger partial charge in [0.2, 0.25) is 0 Å². The number of alkyl halides is 4. The van der Waals surface area contributed by atoms with E-state index in [1.54, 1.807) is 0 Å². The Balaban J connectivity index is 2.48. The van der Waals surface area contributed by atoms with Crippen molar-refractivity contribution < 1.29 is 17.9 Å². The highest BCUT2D eigenvalue weighted by molar-refractivity contribution is 14.1. The minimum atomic E-state index is -4.23. The van der Waals surface area contributed by atoms with Crippen LogP contribution in [0.4, 0.5) is 13.2 Å². The van der Waals surface area contributed by atoms with Gasteiger partial charge >= 0.3 is 6.18 Å². The van der Waals surface area contributed by atoms with Crippen molar-refractivity contribution in [1.29, 1.82) is 0 Å². The van der Waals surface area contributed by atoms with Crippen molar-refractivity contribution in [3.63, 3.8) is 0 Å². The van der Waals surface area contributed by atoms with Crippen LogP contribution in [0.25, 0.3) is 0 Å². The van der Waals surface area contributed by atoms with Crippen LogP contribution in [0.1, 0.15) is 39.0 Å². The van der Waals surface area contributed by atoms with Crippen LogP contribution in [0.15, 0.2) is 0 Å². The second kappa shape index (κ2) is 5.70. The van der Waals surface area contributed by atoms with Gasteiger partial charge in [-0.3, -0.25) is 0 Å². The van der Waals surface area contributed by atoms with E-state index < -0.39 is 12.3 Å². The molecule has 1 fully saturated rings. The molecule has 1 nitrogen and oxygen atoms in total. The first-order valence-electron chi connectivity index (χ1n) is 5.27. The fraction of sp³-hybridized carbons (Fsp3) is 1.00. The summed E-state index contributed by atoms with van der Waals surface area (Å²) in [6, 6.07) is 0. The van der Waals surface area contributed by atoms with Gasteiger partial charge in [-0.25, -0.2) is 0 Å². The van der Waals surface area contributed by atoms with E-state index in [1.165, 1.54) is 0 Å². The molecule has 0 heterocycles. The summed E-state index contributed by atoms with van der Waals surface area (Å²) in [5, 5.41) is 0. The summed E-state index contributed by atoms with van der Waals surface area (Å²) < 4.78 is 42.2. The summed E-state index contributed by atoms with van der Waals surface area (Å²) in [7, 11) is 0. The highest BCUT2D eigenvalue weighted by Crippen LogP contribution is 2.30. The van der Waals surface area contributed by atoms with Gasteiger partial charge in [0.25, 0.3) is 0 Å². The molecule has 0 aromatic carbocycles. The van der Waals surface area contributed by atoms with Crippen LogP contribution < -0.4 is 0 Å². The molecule has 0 bridgehead atoms. The van der Waals surface area contributed by atoms with Gasteiger partial charge < -0.3 is 4.74 Å². The van der Waals surface area contributed by atoms with Crippen molar-refractivity contribution in [3.8, 4) is 0 Å². The van der Waals surface area contributed by atoms with E-state index in [0.717, 1.165) is 39.0 Å². The molecule has 0 aromatic rings. The van der Waals surface area contributed by atoms with Gasteiger partial charge in [-0.2, -0.15) is 13.2 Å². The molecule has 0 amide bonds. The van der Waals surface area contributed by atoms with Crippen LogP contribution in [-0.2, 0) is 4.74 Å². The van der Waals surface area contributed by atoms with Gasteiger partial charge in [-0.15, -0.1) is 0 Å². The minimum Gasteiger partial charge on any atom is -0.365 e. The van der Waals surface area contributed by atoms with Gasteiger partial charge in [0.05, 0.1) is 6.10 Å². The summed E-state index contributed by atoms with van der Waals surface area (Å²) in [6.45, 7) is 1.09. The standard InChI is InChI=1S/C10H16F3IO/c1-7(10(11,12)13)15-9-6-4-2-3-5-8(9)14/h7-9H,2-6H2,1H3. The zero-order valence-corrected chi connectivity index (χ0v) is 10.8. The highest BCUT2D eigenvalue weighted by atomic mass is 127. The maximum atomic E-state index is 12.3. The molecular formula is C10H16F3IO. The lowest BCUT2D eigenvalue weighted by molar-refractivity contribution is -0.226. The Hall–Kier alpha value is 0.480. The zero-order chi connectivity index (χ0) is 11.5. The van der Waals surface area contributed by atoms with E-state index in [9.17, 15) is 13.2 Å². The summed E-state index contributed by atoms with van der Waals surface area (Å²) in [4.78, 5) is 0. The first-order chi connectivity index (χ1) is 6.91. The van der Waals surface area contributed by atoms with Crippen molar-refractivity contribution in [2.45, 2.75) is 61.3 Å². The minimum absolute atomic E-state index is 0.217. The van der Waals surface area contributed by atoms with Crippen LogP contribution in [-0.4, -0.2) is 22.3 Å². The fourth-order valence-electron chi connectivity index (χ4n) is 1.72. The molecule has 0 aliphatic heterocycles. The van der Waals surface area contributed by atoms with Crippen LogP contribution in [0.3, 0.4) is 0 Å². The molecule has 1 saturated carbocycles. The predicted molar refractivity (Wildman–Crippen MR) is 61.3 cm³/mol. The third-order valence-corrected chi connectivity index (χ3v) is 4.14. The van der Waals surface area contributed by atoms with Crippen molar-refractivity contribution in [3.05, 3.63) is 0 Å². The largest absolute Gasteiger partial charge is 0.414 e. The van der Waals surface area contributed by atoms with Crippen molar-refractivity contribution in [2.24, 2.45) is 0 Å². The third-order valence-electron chi connectivity index (χ3n) is 2.71. The molecule has 0 aromatic heterocycles.